The summed E-state index contributed by atoms with van der Waals surface area (Å²) in [5.74, 6) is -1.00. The highest BCUT2D eigenvalue weighted by Crippen LogP contribution is 2.25. The molecule has 1 aromatic rings. The van der Waals surface area contributed by atoms with Gasteiger partial charge in [-0.1, -0.05) is 19.9 Å². The number of amides is 2. The summed E-state index contributed by atoms with van der Waals surface area (Å²) in [4.78, 5) is 23.4. The summed E-state index contributed by atoms with van der Waals surface area (Å²) in [6.45, 7) is 3.51. The van der Waals surface area contributed by atoms with E-state index in [2.05, 4.69) is 10.6 Å². The van der Waals surface area contributed by atoms with Crippen LogP contribution in [0.15, 0.2) is 18.2 Å². The fourth-order valence-corrected chi connectivity index (χ4v) is 2.81. The summed E-state index contributed by atoms with van der Waals surface area (Å²) < 4.78 is 0. The van der Waals surface area contributed by atoms with E-state index in [0.717, 1.165) is 19.3 Å². The van der Waals surface area contributed by atoms with Gasteiger partial charge in [0.2, 0.25) is 0 Å². The first kappa shape index (κ1) is 15.4. The minimum absolute atomic E-state index is 0.344. The third-order valence-electron chi connectivity index (χ3n) is 4.33. The summed E-state index contributed by atoms with van der Waals surface area (Å²) >= 11 is 0. The Labute approximate surface area is 124 Å². The first-order chi connectivity index (χ1) is 10.0. The second-order valence-electron chi connectivity index (χ2n) is 5.51. The molecule has 0 aliphatic heterocycles. The van der Waals surface area contributed by atoms with Crippen LogP contribution < -0.4 is 10.6 Å². The largest absolute Gasteiger partial charge is 0.480 e. The topological polar surface area (TPSA) is 78.4 Å². The Morgan fingerprint density at radius 2 is 1.86 bits per heavy atom. The van der Waals surface area contributed by atoms with Gasteiger partial charge in [-0.3, -0.25) is 0 Å². The van der Waals surface area contributed by atoms with Crippen LogP contribution in [0, 0.1) is 0 Å². The van der Waals surface area contributed by atoms with Crippen molar-refractivity contribution in [2.24, 2.45) is 0 Å². The third-order valence-corrected chi connectivity index (χ3v) is 4.33. The van der Waals surface area contributed by atoms with E-state index in [4.69, 9.17) is 0 Å². The van der Waals surface area contributed by atoms with Gasteiger partial charge in [0.05, 0.1) is 0 Å². The van der Waals surface area contributed by atoms with Crippen LogP contribution in [-0.4, -0.2) is 22.6 Å². The van der Waals surface area contributed by atoms with Crippen molar-refractivity contribution in [1.82, 2.24) is 5.32 Å². The molecule has 5 heteroatoms. The number of carboxylic acids is 1. The van der Waals surface area contributed by atoms with Gasteiger partial charge < -0.3 is 15.7 Å². The van der Waals surface area contributed by atoms with Crippen molar-refractivity contribution >= 4 is 17.7 Å². The Kier molecular flexibility index (Phi) is 4.50. The molecule has 0 unspecified atom stereocenters. The number of fused-ring (bicyclic) bond motifs is 1. The van der Waals surface area contributed by atoms with Crippen molar-refractivity contribution in [1.29, 1.82) is 0 Å². The number of hydrogen-bond donors (Lipinski definition) is 3. The van der Waals surface area contributed by atoms with Crippen molar-refractivity contribution in [2.75, 3.05) is 5.32 Å². The SMILES string of the molecule is CCC(CC)(NC(=O)Nc1ccc2c(c1)CCC2)C(=O)O. The molecule has 0 heterocycles. The minimum Gasteiger partial charge on any atom is -0.480 e. The Morgan fingerprint density at radius 3 is 2.48 bits per heavy atom. The number of benzene rings is 1. The van der Waals surface area contributed by atoms with Gasteiger partial charge >= 0.3 is 12.0 Å². The fourth-order valence-electron chi connectivity index (χ4n) is 2.81. The van der Waals surface area contributed by atoms with Crippen LogP contribution in [0.25, 0.3) is 0 Å². The van der Waals surface area contributed by atoms with E-state index in [1.165, 1.54) is 11.1 Å². The summed E-state index contributed by atoms with van der Waals surface area (Å²) in [6, 6.07) is 5.40. The van der Waals surface area contributed by atoms with Crippen LogP contribution in [0.4, 0.5) is 10.5 Å². The summed E-state index contributed by atoms with van der Waals surface area (Å²) in [7, 11) is 0. The normalized spacial score (nSPS) is 13.6. The standard InChI is InChI=1S/C16H22N2O3/c1-3-16(4-2,14(19)20)18-15(21)17-13-9-8-11-6-5-7-12(11)10-13/h8-10H,3-7H2,1-2H3,(H,19,20)(H2,17,18,21). The van der Waals surface area contributed by atoms with E-state index in [0.29, 0.717) is 18.5 Å². The number of rotatable bonds is 5. The Hall–Kier alpha value is -2.04. The second-order valence-corrected chi connectivity index (χ2v) is 5.51. The van der Waals surface area contributed by atoms with Gasteiger partial charge in [-0.15, -0.1) is 0 Å². The fraction of sp³-hybridized carbons (Fsp3) is 0.500. The molecule has 0 fully saturated rings. The lowest BCUT2D eigenvalue weighted by Gasteiger charge is -2.28. The minimum atomic E-state index is -1.21. The van der Waals surface area contributed by atoms with Crippen molar-refractivity contribution in [3.8, 4) is 0 Å². The predicted octanol–water partition coefficient (Wildman–Crippen LogP) is 2.94. The quantitative estimate of drug-likeness (QED) is 0.780. The molecule has 0 spiro atoms. The Bertz CT molecular complexity index is 550. The summed E-state index contributed by atoms with van der Waals surface area (Å²) in [6.07, 6.45) is 3.97. The van der Waals surface area contributed by atoms with Crippen molar-refractivity contribution < 1.29 is 14.7 Å². The van der Waals surface area contributed by atoms with Crippen LogP contribution in [0.1, 0.15) is 44.2 Å². The molecule has 3 N–H and O–H groups in total. The van der Waals surface area contributed by atoms with Gasteiger partial charge in [-0.05, 0) is 55.4 Å². The number of anilines is 1. The highest BCUT2D eigenvalue weighted by molar-refractivity contribution is 5.94. The van der Waals surface area contributed by atoms with E-state index in [1.54, 1.807) is 13.8 Å². The summed E-state index contributed by atoms with van der Waals surface area (Å²) in [5, 5.41) is 14.7. The van der Waals surface area contributed by atoms with E-state index < -0.39 is 17.5 Å². The van der Waals surface area contributed by atoms with Gasteiger partial charge in [0, 0.05) is 5.69 Å². The van der Waals surface area contributed by atoms with E-state index in [1.807, 2.05) is 18.2 Å². The van der Waals surface area contributed by atoms with E-state index in [-0.39, 0.29) is 0 Å². The zero-order valence-electron chi connectivity index (χ0n) is 12.5. The van der Waals surface area contributed by atoms with Crippen molar-refractivity contribution in [2.45, 2.75) is 51.5 Å². The number of aryl methyl sites for hydroxylation is 2. The molecule has 0 bridgehead atoms. The molecule has 2 amide bonds. The molecule has 5 nitrogen and oxygen atoms in total. The predicted molar refractivity (Wildman–Crippen MR) is 81.6 cm³/mol. The zero-order valence-corrected chi connectivity index (χ0v) is 12.5. The van der Waals surface area contributed by atoms with Gasteiger partial charge in [0.25, 0.3) is 0 Å². The number of urea groups is 1. The number of hydrogen-bond acceptors (Lipinski definition) is 2. The highest BCUT2D eigenvalue weighted by Gasteiger charge is 2.36. The number of nitrogens with one attached hydrogen (secondary N) is 2. The number of carbonyl (C=O) groups is 2. The van der Waals surface area contributed by atoms with E-state index >= 15 is 0 Å². The Balaban J connectivity index is 2.06. The summed E-state index contributed by atoms with van der Waals surface area (Å²) in [5.41, 5.74) is 2.10. The molecular formula is C16H22N2O3. The van der Waals surface area contributed by atoms with Crippen LogP contribution in [0.2, 0.25) is 0 Å². The highest BCUT2D eigenvalue weighted by atomic mass is 16.4. The van der Waals surface area contributed by atoms with Gasteiger partial charge in [-0.2, -0.15) is 0 Å². The zero-order chi connectivity index (χ0) is 15.5. The molecule has 1 aliphatic carbocycles. The monoisotopic (exact) mass is 290 g/mol. The third kappa shape index (κ3) is 3.17. The second kappa shape index (κ2) is 6.16. The maximum absolute atomic E-state index is 12.1. The van der Waals surface area contributed by atoms with Crippen LogP contribution in [0.3, 0.4) is 0 Å². The van der Waals surface area contributed by atoms with Gasteiger partial charge in [-0.25, -0.2) is 9.59 Å². The van der Waals surface area contributed by atoms with Gasteiger partial charge in [0.15, 0.2) is 0 Å². The molecule has 0 aromatic heterocycles. The van der Waals surface area contributed by atoms with E-state index in [9.17, 15) is 14.7 Å². The van der Waals surface area contributed by atoms with Crippen LogP contribution in [0.5, 0.6) is 0 Å². The molecule has 0 atom stereocenters. The molecule has 0 radical (unpaired) electrons. The lowest BCUT2D eigenvalue weighted by atomic mass is 9.93. The molecule has 21 heavy (non-hydrogen) atoms. The lowest BCUT2D eigenvalue weighted by molar-refractivity contribution is -0.144. The molecule has 2 rings (SSSR count). The van der Waals surface area contributed by atoms with Crippen molar-refractivity contribution in [3.05, 3.63) is 29.3 Å². The molecule has 114 valence electrons. The molecular weight excluding hydrogens is 268 g/mol. The lowest BCUT2D eigenvalue weighted by Crippen LogP contribution is -2.54. The molecule has 1 aliphatic rings. The molecule has 0 saturated carbocycles. The smallest absolute Gasteiger partial charge is 0.329 e. The van der Waals surface area contributed by atoms with Crippen molar-refractivity contribution in [3.63, 3.8) is 0 Å². The molecule has 0 saturated heterocycles. The average molecular weight is 290 g/mol. The first-order valence-electron chi connectivity index (χ1n) is 7.45. The molecule has 1 aromatic carbocycles. The van der Waals surface area contributed by atoms with Crippen LogP contribution >= 0.6 is 0 Å². The Morgan fingerprint density at radius 1 is 1.19 bits per heavy atom. The maximum atomic E-state index is 12.1. The number of carbonyl (C=O) groups excluding carboxylic acids is 1. The average Bonchev–Trinajstić information content (AvgIpc) is 2.92. The van der Waals surface area contributed by atoms with Gasteiger partial charge in [0.1, 0.15) is 5.54 Å². The number of aliphatic carboxylic acids is 1. The van der Waals surface area contributed by atoms with Crippen LogP contribution in [-0.2, 0) is 17.6 Å². The first-order valence-corrected chi connectivity index (χ1v) is 7.45. The number of carboxylic acid groups (broad SMARTS) is 1. The maximum Gasteiger partial charge on any atom is 0.329 e.